The zero-order chi connectivity index (χ0) is 53.7. The van der Waals surface area contributed by atoms with Crippen molar-refractivity contribution >= 4 is 17.4 Å². The molecular weight excluding hydrogens is 945 g/mol. The number of aryl methyl sites for hydroxylation is 2. The highest BCUT2D eigenvalue weighted by Gasteiger charge is 2.54. The number of rotatable bonds is 14. The second-order valence-electron chi connectivity index (χ2n) is 22.2. The number of nitro groups is 1. The molecule has 0 saturated carbocycles. The Morgan fingerprint density at radius 1 is 1.03 bits per heavy atom. The number of carbonyl (C=O) groups is 1. The Labute approximate surface area is 430 Å². The minimum absolute atomic E-state index is 0.0387. The van der Waals surface area contributed by atoms with Crippen LogP contribution in [0.1, 0.15) is 119 Å². The Kier molecular flexibility index (Phi) is 19.5. The minimum atomic E-state index is -1.57. The zero-order valence-electron chi connectivity index (χ0n) is 45.1. The number of aliphatic hydroxyl groups is 3. The summed E-state index contributed by atoms with van der Waals surface area (Å²) >= 11 is 0. The van der Waals surface area contributed by atoms with Gasteiger partial charge in [-0.3, -0.25) is 19.6 Å². The number of non-ortho nitro benzene ring substituents is 1. The number of oxime groups is 1. The number of benzene rings is 1. The fourth-order valence-corrected chi connectivity index (χ4v) is 12.0. The van der Waals surface area contributed by atoms with Gasteiger partial charge in [-0.15, -0.1) is 5.10 Å². The molecule has 4 aliphatic heterocycles. The lowest BCUT2D eigenvalue weighted by atomic mass is 9.68. The minimum Gasteiger partial charge on any atom is -0.459 e. The standard InChI is InChI=1S/C53H84N6O14/c1-14-42-53(11,63)40-20-15-30(2)29-68-52(10,26-31(3)44(55-64)33(40)5)48(34(6)46(35(7)49(62)71-42)72-43-27-51(9,67-13)47(61)36(8)70-43)73-50-45(60)41(25-32(4)69-50)57(12)23-22-38-28-58(56-54-38)24-21-37-16-18-39(19-17-37)59(65)66/h16-19,28,31-36,40-43,45-48,50,60-61,63-64H,2,14-15,20-27,29H2,1,3-13H3/b55-44+/t31-,32-,33-,34+,35-,36+,40-,41+,42-,43+,45-,46?,47+,48-,50+,51-,52-,53+/m1/s1. The maximum absolute atomic E-state index is 14.8. The number of methoxy groups -OCH3 is 1. The van der Waals surface area contributed by atoms with Crippen LogP contribution in [0.5, 0.6) is 0 Å². The number of esters is 1. The molecule has 4 N–H and O–H groups in total. The molecule has 20 nitrogen and oxygen atoms in total. The summed E-state index contributed by atoms with van der Waals surface area (Å²) in [7, 11) is 3.46. The number of cyclic esters (lactones) is 1. The summed E-state index contributed by atoms with van der Waals surface area (Å²) in [6.07, 6.45) is -3.33. The summed E-state index contributed by atoms with van der Waals surface area (Å²) in [6.45, 7) is 24.0. The van der Waals surface area contributed by atoms with Crippen molar-refractivity contribution in [1.82, 2.24) is 19.9 Å². The molecule has 410 valence electrons. The number of ether oxygens (including phenoxy) is 7. The molecule has 2 aromatic rings. The Morgan fingerprint density at radius 3 is 2.37 bits per heavy atom. The van der Waals surface area contributed by atoms with Crippen LogP contribution in [-0.4, -0.2) is 162 Å². The fourth-order valence-electron chi connectivity index (χ4n) is 12.0. The normalized spacial score (nSPS) is 39.9. The van der Waals surface area contributed by atoms with E-state index in [2.05, 4.69) is 26.9 Å². The molecule has 6 rings (SSSR count). The largest absolute Gasteiger partial charge is 0.459 e. The lowest BCUT2D eigenvalue weighted by Gasteiger charge is -2.50. The maximum Gasteiger partial charge on any atom is 0.311 e. The summed E-state index contributed by atoms with van der Waals surface area (Å²) < 4.78 is 48.1. The topological polar surface area (TPSA) is 252 Å². The van der Waals surface area contributed by atoms with Crippen molar-refractivity contribution < 1.29 is 63.4 Å². The van der Waals surface area contributed by atoms with E-state index in [1.165, 1.54) is 19.2 Å². The van der Waals surface area contributed by atoms with E-state index in [4.69, 9.17) is 33.2 Å². The van der Waals surface area contributed by atoms with E-state index in [1.54, 1.807) is 44.5 Å². The lowest BCUT2D eigenvalue weighted by molar-refractivity contribution is -0.384. The first-order valence-electron chi connectivity index (χ1n) is 26.2. The van der Waals surface area contributed by atoms with Gasteiger partial charge >= 0.3 is 5.97 Å². The van der Waals surface area contributed by atoms with Gasteiger partial charge in [-0.05, 0) is 98.6 Å². The molecule has 1 aromatic heterocycles. The lowest BCUT2D eigenvalue weighted by Crippen LogP contribution is -2.61. The van der Waals surface area contributed by atoms with Crippen molar-refractivity contribution in [2.45, 2.75) is 205 Å². The molecule has 0 aliphatic carbocycles. The highest BCUT2D eigenvalue weighted by Crippen LogP contribution is 2.45. The number of hydrogen-bond acceptors (Lipinski definition) is 18. The van der Waals surface area contributed by atoms with Gasteiger partial charge in [0.05, 0.1) is 64.5 Å². The summed E-state index contributed by atoms with van der Waals surface area (Å²) in [5.74, 6) is -3.82. The van der Waals surface area contributed by atoms with Gasteiger partial charge in [0.25, 0.3) is 5.69 Å². The van der Waals surface area contributed by atoms with E-state index in [1.807, 2.05) is 54.8 Å². The Hall–Kier alpha value is -3.96. The average Bonchev–Trinajstić information content (AvgIpc) is 3.81. The fraction of sp³-hybridized carbons (Fsp3) is 0.774. The van der Waals surface area contributed by atoms with Crippen molar-refractivity contribution in [2.75, 3.05) is 27.3 Å². The molecule has 0 amide bonds. The first-order chi connectivity index (χ1) is 34.4. The van der Waals surface area contributed by atoms with Crippen LogP contribution < -0.4 is 0 Å². The van der Waals surface area contributed by atoms with E-state index in [9.17, 15) is 35.4 Å². The van der Waals surface area contributed by atoms with Gasteiger partial charge in [0.2, 0.25) is 0 Å². The number of hydrogen-bond donors (Lipinski definition) is 4. The smallest absolute Gasteiger partial charge is 0.311 e. The Bertz CT molecular complexity index is 2190. The van der Waals surface area contributed by atoms with Crippen molar-refractivity contribution in [3.05, 3.63) is 64.0 Å². The number of fused-ring (bicyclic) bond motifs is 5. The van der Waals surface area contributed by atoms with E-state index in [0.717, 1.165) is 16.8 Å². The number of carbonyl (C=O) groups excluding carboxylic acids is 1. The van der Waals surface area contributed by atoms with Crippen molar-refractivity contribution in [3.63, 3.8) is 0 Å². The van der Waals surface area contributed by atoms with Crippen LogP contribution in [0.25, 0.3) is 0 Å². The third-order valence-electron chi connectivity index (χ3n) is 16.6. The third-order valence-corrected chi connectivity index (χ3v) is 16.6. The SMILES string of the molecule is C=C1CC[C@@H]2[C@@H](C)/C(=N/O)[C@H](C)C[C@@](C)(OC1)[C@H](O[C@@H]1O[C@H](C)C[C@H](N(C)CCc3cn(CCc4ccc([N+](=O)[O-])cc4)nn3)[C@H]1O)[C@@H](C)C(O[C@H]1C[C@@](C)(OC)[C@@H](O)[C@H](C)O1)[C@@H](C)C(=O)O[C@H](CC)[C@@]2(C)O. The molecule has 4 saturated heterocycles. The first kappa shape index (κ1) is 58.3. The van der Waals surface area contributed by atoms with E-state index in [0.29, 0.717) is 50.9 Å². The van der Waals surface area contributed by atoms with Gasteiger partial charge in [0.1, 0.15) is 23.9 Å². The molecular formula is C53H84N6O14. The summed E-state index contributed by atoms with van der Waals surface area (Å²) in [5, 5.41) is 70.8. The highest BCUT2D eigenvalue weighted by molar-refractivity contribution is 5.88. The van der Waals surface area contributed by atoms with Crippen LogP contribution in [0.15, 0.2) is 47.8 Å². The number of likely N-dealkylation sites (N-methyl/N-ethyl adjacent to an activating group) is 1. The highest BCUT2D eigenvalue weighted by atomic mass is 16.7. The van der Waals surface area contributed by atoms with E-state index < -0.39 is 113 Å². The molecule has 4 fully saturated rings. The van der Waals surface area contributed by atoms with Gasteiger partial charge in [-0.1, -0.05) is 62.3 Å². The van der Waals surface area contributed by atoms with E-state index in [-0.39, 0.29) is 37.7 Å². The van der Waals surface area contributed by atoms with Crippen LogP contribution in [0.2, 0.25) is 0 Å². The number of nitrogens with zero attached hydrogens (tertiary/aromatic N) is 6. The maximum atomic E-state index is 14.8. The van der Waals surface area contributed by atoms with Crippen LogP contribution in [0.3, 0.4) is 0 Å². The Morgan fingerprint density at radius 2 is 1.73 bits per heavy atom. The van der Waals surface area contributed by atoms with Gasteiger partial charge in [-0.2, -0.15) is 0 Å². The van der Waals surface area contributed by atoms with Crippen molar-refractivity contribution in [2.24, 2.45) is 34.7 Å². The van der Waals surface area contributed by atoms with Crippen molar-refractivity contribution in [1.29, 1.82) is 0 Å². The number of aromatic nitrogens is 3. The molecule has 0 radical (unpaired) electrons. The molecule has 73 heavy (non-hydrogen) atoms. The first-order valence-corrected chi connectivity index (χ1v) is 26.2. The van der Waals surface area contributed by atoms with Crippen LogP contribution in [0, 0.1) is 39.7 Å². The Balaban J connectivity index is 1.34. The second kappa shape index (κ2) is 24.4. The third kappa shape index (κ3) is 13.4. The number of aliphatic hydroxyl groups excluding tert-OH is 2. The van der Waals surface area contributed by atoms with Crippen LogP contribution in [0.4, 0.5) is 5.69 Å². The quantitative estimate of drug-likeness (QED) is 0.0554. The summed E-state index contributed by atoms with van der Waals surface area (Å²) in [4.78, 5) is 27.5. The predicted molar refractivity (Wildman–Crippen MR) is 270 cm³/mol. The van der Waals surface area contributed by atoms with Crippen molar-refractivity contribution in [3.8, 4) is 0 Å². The van der Waals surface area contributed by atoms with Gasteiger partial charge in [0, 0.05) is 75.2 Å². The van der Waals surface area contributed by atoms with Crippen LogP contribution >= 0.6 is 0 Å². The molecule has 20 heteroatoms. The van der Waals surface area contributed by atoms with Crippen LogP contribution in [-0.2, 0) is 57.3 Å². The molecule has 18 atom stereocenters. The van der Waals surface area contributed by atoms with Gasteiger partial charge in [-0.25, -0.2) is 0 Å². The molecule has 5 heterocycles. The summed E-state index contributed by atoms with van der Waals surface area (Å²) in [6, 6.07) is 6.03. The van der Waals surface area contributed by atoms with Gasteiger partial charge < -0.3 is 58.6 Å². The monoisotopic (exact) mass is 1030 g/mol. The summed E-state index contributed by atoms with van der Waals surface area (Å²) in [5.41, 5.74) is -0.956. The second-order valence-corrected chi connectivity index (χ2v) is 22.2. The zero-order valence-corrected chi connectivity index (χ0v) is 45.1. The predicted octanol–water partition coefficient (Wildman–Crippen LogP) is 6.03. The van der Waals surface area contributed by atoms with Gasteiger partial charge in [0.15, 0.2) is 12.6 Å². The number of nitro benzene ring substituents is 1. The molecule has 0 spiro atoms. The average molecular weight is 1030 g/mol. The molecule has 1 unspecified atom stereocenters. The molecule has 2 bridgehead atoms. The molecule has 1 aromatic carbocycles. The van der Waals surface area contributed by atoms with E-state index >= 15 is 0 Å². The molecule has 4 aliphatic rings.